The Labute approximate surface area is 109 Å². The number of carbonyl (C=O) groups excluding carboxylic acids is 1. The molecule has 0 aromatic rings. The van der Waals surface area contributed by atoms with Crippen LogP contribution in [-0.4, -0.2) is 29.5 Å². The van der Waals surface area contributed by atoms with E-state index in [9.17, 15) is 4.79 Å². The van der Waals surface area contributed by atoms with Crippen molar-refractivity contribution in [3.8, 4) is 0 Å². The Morgan fingerprint density at radius 2 is 2.29 bits per heavy atom. The first-order valence-electron chi connectivity index (χ1n) is 6.79. The van der Waals surface area contributed by atoms with Gasteiger partial charge in [0, 0.05) is 17.2 Å². The Hall–Kier alpha value is -0.220. The third kappa shape index (κ3) is 5.30. The Bertz CT molecular complexity index is 235. The van der Waals surface area contributed by atoms with E-state index in [1.165, 1.54) is 12.2 Å². The lowest BCUT2D eigenvalue weighted by molar-refractivity contribution is -0.125. The highest BCUT2D eigenvalue weighted by Crippen LogP contribution is 2.29. The van der Waals surface area contributed by atoms with Crippen molar-refractivity contribution in [1.29, 1.82) is 0 Å². The number of nitrogens with one attached hydrogen (secondary N) is 1. The standard InChI is InChI=1S/C13H26N2OS/c1-3-17-12-7-6-11(9-12)15-13(16)10(2)5-4-8-14/h10-12H,3-9,14H2,1-2H3,(H,15,16). The molecular formula is C13H26N2OS. The van der Waals surface area contributed by atoms with E-state index in [0.717, 1.165) is 30.9 Å². The van der Waals surface area contributed by atoms with Crippen molar-refractivity contribution in [3.05, 3.63) is 0 Å². The molecule has 3 N–H and O–H groups in total. The maximum absolute atomic E-state index is 11.9. The Kier molecular flexibility index (Phi) is 6.97. The van der Waals surface area contributed by atoms with E-state index in [1.54, 1.807) is 0 Å². The van der Waals surface area contributed by atoms with E-state index in [0.29, 0.717) is 12.6 Å². The number of nitrogens with two attached hydrogens (primary N) is 1. The van der Waals surface area contributed by atoms with Gasteiger partial charge in [-0.05, 0) is 44.4 Å². The smallest absolute Gasteiger partial charge is 0.223 e. The second-order valence-electron chi connectivity index (χ2n) is 4.93. The van der Waals surface area contributed by atoms with Crippen LogP contribution >= 0.6 is 11.8 Å². The van der Waals surface area contributed by atoms with Crippen molar-refractivity contribution in [2.24, 2.45) is 11.7 Å². The quantitative estimate of drug-likeness (QED) is 0.735. The summed E-state index contributed by atoms with van der Waals surface area (Å²) in [5.74, 6) is 1.50. The van der Waals surface area contributed by atoms with Crippen LogP contribution in [0.5, 0.6) is 0 Å². The van der Waals surface area contributed by atoms with Gasteiger partial charge in [0.25, 0.3) is 0 Å². The third-order valence-electron chi connectivity index (χ3n) is 3.42. The third-order valence-corrected chi connectivity index (χ3v) is 4.66. The average molecular weight is 258 g/mol. The van der Waals surface area contributed by atoms with Gasteiger partial charge >= 0.3 is 0 Å². The molecule has 1 saturated carbocycles. The number of thioether (sulfide) groups is 1. The number of hydrogen-bond donors (Lipinski definition) is 2. The van der Waals surface area contributed by atoms with Gasteiger partial charge in [-0.25, -0.2) is 0 Å². The van der Waals surface area contributed by atoms with Gasteiger partial charge in [-0.1, -0.05) is 13.8 Å². The molecule has 0 bridgehead atoms. The van der Waals surface area contributed by atoms with Gasteiger partial charge in [0.05, 0.1) is 0 Å². The lowest BCUT2D eigenvalue weighted by Crippen LogP contribution is -2.37. The van der Waals surface area contributed by atoms with Crippen LogP contribution in [0.4, 0.5) is 0 Å². The van der Waals surface area contributed by atoms with Crippen molar-refractivity contribution in [2.75, 3.05) is 12.3 Å². The highest BCUT2D eigenvalue weighted by molar-refractivity contribution is 7.99. The van der Waals surface area contributed by atoms with Crippen molar-refractivity contribution in [3.63, 3.8) is 0 Å². The van der Waals surface area contributed by atoms with Gasteiger partial charge in [-0.2, -0.15) is 11.8 Å². The zero-order valence-corrected chi connectivity index (χ0v) is 11.9. The molecule has 1 aliphatic rings. The number of amides is 1. The minimum absolute atomic E-state index is 0.108. The molecule has 0 radical (unpaired) electrons. The van der Waals surface area contributed by atoms with Crippen molar-refractivity contribution < 1.29 is 4.79 Å². The van der Waals surface area contributed by atoms with Gasteiger partial charge in [0.1, 0.15) is 0 Å². The van der Waals surface area contributed by atoms with Crippen LogP contribution in [0.1, 0.15) is 46.0 Å². The molecule has 1 rings (SSSR count). The zero-order valence-electron chi connectivity index (χ0n) is 11.1. The van der Waals surface area contributed by atoms with E-state index < -0.39 is 0 Å². The maximum Gasteiger partial charge on any atom is 0.223 e. The maximum atomic E-state index is 11.9. The molecule has 0 aromatic heterocycles. The molecule has 0 aromatic carbocycles. The molecule has 17 heavy (non-hydrogen) atoms. The SMILES string of the molecule is CCSC1CCC(NC(=O)C(C)CCCN)C1. The van der Waals surface area contributed by atoms with E-state index in [1.807, 2.05) is 18.7 Å². The summed E-state index contributed by atoms with van der Waals surface area (Å²) in [4.78, 5) is 11.9. The molecular weight excluding hydrogens is 232 g/mol. The predicted molar refractivity (Wildman–Crippen MR) is 75.2 cm³/mol. The second kappa shape index (κ2) is 7.98. The Balaban J connectivity index is 2.23. The van der Waals surface area contributed by atoms with Crippen LogP contribution in [0.25, 0.3) is 0 Å². The summed E-state index contributed by atoms with van der Waals surface area (Å²) >= 11 is 2.02. The molecule has 1 aliphatic carbocycles. The van der Waals surface area contributed by atoms with E-state index >= 15 is 0 Å². The normalized spacial score (nSPS) is 25.8. The fourth-order valence-electron chi connectivity index (χ4n) is 2.36. The number of hydrogen-bond acceptors (Lipinski definition) is 3. The lowest BCUT2D eigenvalue weighted by Gasteiger charge is -2.17. The zero-order chi connectivity index (χ0) is 12.7. The van der Waals surface area contributed by atoms with Gasteiger partial charge in [0.15, 0.2) is 0 Å². The molecule has 4 heteroatoms. The average Bonchev–Trinajstić information content (AvgIpc) is 2.74. The predicted octanol–water partition coefficient (Wildman–Crippen LogP) is 2.15. The van der Waals surface area contributed by atoms with Gasteiger partial charge in [-0.15, -0.1) is 0 Å². The van der Waals surface area contributed by atoms with Crippen LogP contribution in [0.2, 0.25) is 0 Å². The summed E-state index contributed by atoms with van der Waals surface area (Å²) in [5.41, 5.74) is 5.46. The van der Waals surface area contributed by atoms with Crippen LogP contribution < -0.4 is 11.1 Å². The summed E-state index contributed by atoms with van der Waals surface area (Å²) in [6.07, 6.45) is 5.39. The minimum atomic E-state index is 0.108. The minimum Gasteiger partial charge on any atom is -0.353 e. The fraction of sp³-hybridized carbons (Fsp3) is 0.923. The second-order valence-corrected chi connectivity index (χ2v) is 6.51. The van der Waals surface area contributed by atoms with E-state index in [4.69, 9.17) is 5.73 Å². The van der Waals surface area contributed by atoms with Gasteiger partial charge < -0.3 is 11.1 Å². The summed E-state index contributed by atoms with van der Waals surface area (Å²) in [6, 6.07) is 0.409. The summed E-state index contributed by atoms with van der Waals surface area (Å²) < 4.78 is 0. The summed E-state index contributed by atoms with van der Waals surface area (Å²) in [5, 5.41) is 3.94. The molecule has 3 atom stereocenters. The molecule has 100 valence electrons. The highest BCUT2D eigenvalue weighted by Gasteiger charge is 2.26. The fourth-order valence-corrected chi connectivity index (χ4v) is 3.50. The number of rotatable bonds is 7. The van der Waals surface area contributed by atoms with E-state index in [-0.39, 0.29) is 11.8 Å². The molecule has 0 saturated heterocycles. The summed E-state index contributed by atoms with van der Waals surface area (Å²) in [6.45, 7) is 4.87. The van der Waals surface area contributed by atoms with Crippen LogP contribution in [0.15, 0.2) is 0 Å². The monoisotopic (exact) mass is 258 g/mol. The molecule has 0 heterocycles. The van der Waals surface area contributed by atoms with Crippen molar-refractivity contribution >= 4 is 17.7 Å². The van der Waals surface area contributed by atoms with Crippen molar-refractivity contribution in [2.45, 2.75) is 57.2 Å². The number of carbonyl (C=O) groups is 1. The largest absolute Gasteiger partial charge is 0.353 e. The summed E-state index contributed by atoms with van der Waals surface area (Å²) in [7, 11) is 0. The Morgan fingerprint density at radius 1 is 1.53 bits per heavy atom. The van der Waals surface area contributed by atoms with Gasteiger partial charge in [0.2, 0.25) is 5.91 Å². The molecule has 1 amide bonds. The Morgan fingerprint density at radius 3 is 2.94 bits per heavy atom. The first-order valence-corrected chi connectivity index (χ1v) is 7.84. The van der Waals surface area contributed by atoms with Crippen LogP contribution in [0.3, 0.4) is 0 Å². The molecule has 3 nitrogen and oxygen atoms in total. The molecule has 0 aliphatic heterocycles. The molecule has 1 fully saturated rings. The molecule has 0 spiro atoms. The van der Waals surface area contributed by atoms with Crippen LogP contribution in [0, 0.1) is 5.92 Å². The van der Waals surface area contributed by atoms with Gasteiger partial charge in [-0.3, -0.25) is 4.79 Å². The van der Waals surface area contributed by atoms with Crippen molar-refractivity contribution in [1.82, 2.24) is 5.32 Å². The first kappa shape index (κ1) is 14.8. The lowest BCUT2D eigenvalue weighted by atomic mass is 10.0. The van der Waals surface area contributed by atoms with E-state index in [2.05, 4.69) is 12.2 Å². The topological polar surface area (TPSA) is 55.1 Å². The van der Waals surface area contributed by atoms with Crippen LogP contribution in [-0.2, 0) is 4.79 Å². The molecule has 3 unspecified atom stereocenters. The highest BCUT2D eigenvalue weighted by atomic mass is 32.2. The first-order chi connectivity index (χ1) is 8.17.